The number of ketones is 1. The molecule has 0 aliphatic heterocycles. The number of rotatable bonds is 9. The number of carbonyl (C=O) groups excluding carboxylic acids is 2. The van der Waals surface area contributed by atoms with Crippen molar-refractivity contribution in [2.45, 2.75) is 20.3 Å². The van der Waals surface area contributed by atoms with Crippen LogP contribution in [0.2, 0.25) is 0 Å². The Morgan fingerprint density at radius 3 is 2.63 bits per heavy atom. The van der Waals surface area contributed by atoms with Gasteiger partial charge in [-0.05, 0) is 31.6 Å². The minimum absolute atomic E-state index is 0.0720. The van der Waals surface area contributed by atoms with E-state index in [1.807, 2.05) is 12.1 Å². The minimum atomic E-state index is -0.528. The van der Waals surface area contributed by atoms with Gasteiger partial charge >= 0.3 is 5.97 Å². The highest BCUT2D eigenvalue weighted by Gasteiger charge is 2.23. The van der Waals surface area contributed by atoms with Gasteiger partial charge in [0.15, 0.2) is 5.78 Å². The lowest BCUT2D eigenvalue weighted by molar-refractivity contribution is -0.114. The summed E-state index contributed by atoms with van der Waals surface area (Å²) in [5.74, 6) is -0.462. The molecule has 0 aliphatic carbocycles. The average molecular weight is 420 g/mol. The van der Waals surface area contributed by atoms with Gasteiger partial charge in [-0.2, -0.15) is 10.5 Å². The van der Waals surface area contributed by atoms with Gasteiger partial charge in [0.05, 0.1) is 17.7 Å². The molecule has 1 aromatic carbocycles. The Bertz CT molecular complexity index is 1080. The molecule has 0 amide bonds. The van der Waals surface area contributed by atoms with Crippen LogP contribution in [0.15, 0.2) is 42.5 Å². The van der Waals surface area contributed by atoms with Crippen LogP contribution in [0.25, 0.3) is 6.08 Å². The number of carbonyl (C=O) groups is 2. The summed E-state index contributed by atoms with van der Waals surface area (Å²) in [6.07, 6.45) is 2.89. The summed E-state index contributed by atoms with van der Waals surface area (Å²) in [5.41, 5.74) is 1.26. The second-order valence-electron chi connectivity index (χ2n) is 6.09. The average Bonchev–Trinajstić information content (AvgIpc) is 3.06. The SMILES string of the molecule is C=CCOc1ccccc1/C=C(\C#N)C(=O)Cc1sc(C(=O)OCC)c(C)c1C#N. The maximum atomic E-state index is 12.8. The van der Waals surface area contributed by atoms with E-state index in [1.165, 1.54) is 6.08 Å². The van der Waals surface area contributed by atoms with Gasteiger partial charge in [-0.25, -0.2) is 4.79 Å². The van der Waals surface area contributed by atoms with E-state index in [4.69, 9.17) is 9.47 Å². The molecule has 0 saturated carbocycles. The van der Waals surface area contributed by atoms with Gasteiger partial charge in [0.25, 0.3) is 0 Å². The molecule has 6 nitrogen and oxygen atoms in total. The maximum Gasteiger partial charge on any atom is 0.348 e. The molecule has 2 aromatic rings. The Hall–Kier alpha value is -3.68. The number of ether oxygens (including phenoxy) is 2. The summed E-state index contributed by atoms with van der Waals surface area (Å²) in [7, 11) is 0. The molecule has 0 fully saturated rings. The molecule has 0 radical (unpaired) electrons. The lowest BCUT2D eigenvalue weighted by Crippen LogP contribution is -2.05. The molecule has 0 saturated heterocycles. The molecule has 0 N–H and O–H groups in total. The van der Waals surface area contributed by atoms with Gasteiger partial charge in [-0.3, -0.25) is 4.79 Å². The summed E-state index contributed by atoms with van der Waals surface area (Å²) >= 11 is 1.05. The summed E-state index contributed by atoms with van der Waals surface area (Å²) in [6.45, 7) is 7.43. The van der Waals surface area contributed by atoms with E-state index in [2.05, 4.69) is 6.58 Å². The van der Waals surface area contributed by atoms with Crippen LogP contribution in [-0.4, -0.2) is 25.0 Å². The van der Waals surface area contributed by atoms with Crippen molar-refractivity contribution in [1.29, 1.82) is 10.5 Å². The van der Waals surface area contributed by atoms with E-state index >= 15 is 0 Å². The zero-order valence-corrected chi connectivity index (χ0v) is 17.5. The zero-order chi connectivity index (χ0) is 22.1. The predicted octanol–water partition coefficient (Wildman–Crippen LogP) is 4.39. The molecule has 2 rings (SSSR count). The smallest absolute Gasteiger partial charge is 0.348 e. The van der Waals surface area contributed by atoms with E-state index in [-0.39, 0.29) is 30.8 Å². The number of nitriles is 2. The summed E-state index contributed by atoms with van der Waals surface area (Å²) < 4.78 is 10.6. The van der Waals surface area contributed by atoms with Crippen molar-refractivity contribution in [2.24, 2.45) is 0 Å². The van der Waals surface area contributed by atoms with Gasteiger partial charge in [0.2, 0.25) is 0 Å². The van der Waals surface area contributed by atoms with E-state index in [9.17, 15) is 20.1 Å². The first kappa shape index (κ1) is 22.6. The molecule has 0 atom stereocenters. The minimum Gasteiger partial charge on any atom is -0.489 e. The highest BCUT2D eigenvalue weighted by Crippen LogP contribution is 2.30. The van der Waals surface area contributed by atoms with E-state index in [0.29, 0.717) is 26.6 Å². The second-order valence-corrected chi connectivity index (χ2v) is 7.20. The molecular weight excluding hydrogens is 400 g/mol. The van der Waals surface area contributed by atoms with E-state index < -0.39 is 11.8 Å². The first-order valence-corrected chi connectivity index (χ1v) is 9.95. The largest absolute Gasteiger partial charge is 0.489 e. The molecule has 7 heteroatoms. The normalized spacial score (nSPS) is 10.6. The molecule has 0 unspecified atom stereocenters. The third-order valence-corrected chi connectivity index (χ3v) is 5.38. The van der Waals surface area contributed by atoms with Crippen molar-refractivity contribution in [2.75, 3.05) is 13.2 Å². The summed E-state index contributed by atoms with van der Waals surface area (Å²) in [5, 5.41) is 19.0. The van der Waals surface area contributed by atoms with Gasteiger partial charge in [-0.15, -0.1) is 11.3 Å². The molecule has 152 valence electrons. The molecule has 1 heterocycles. The molecular formula is C23H20N2O4S. The van der Waals surface area contributed by atoms with Crippen LogP contribution in [0.1, 0.15) is 38.2 Å². The van der Waals surface area contributed by atoms with Crippen LogP contribution in [0, 0.1) is 29.6 Å². The Kier molecular flexibility index (Phi) is 8.10. The second kappa shape index (κ2) is 10.8. The lowest BCUT2D eigenvalue weighted by atomic mass is 10.0. The van der Waals surface area contributed by atoms with Crippen molar-refractivity contribution in [3.63, 3.8) is 0 Å². The number of thiophene rings is 1. The standard InChI is InChI=1S/C23H20N2O4S/c1-4-10-29-20-9-7-6-8-16(20)11-17(13-24)19(26)12-21-18(14-25)15(3)22(30-21)23(27)28-5-2/h4,6-9,11H,1,5,10,12H2,2-3H3/b17-11+. The van der Waals surface area contributed by atoms with E-state index in [0.717, 1.165) is 11.3 Å². The lowest BCUT2D eigenvalue weighted by Gasteiger charge is -2.07. The summed E-state index contributed by atoms with van der Waals surface area (Å²) in [4.78, 5) is 25.6. The number of nitrogens with zero attached hydrogens (tertiary/aromatic N) is 2. The molecule has 1 aromatic heterocycles. The molecule has 0 aliphatic rings. The van der Waals surface area contributed by atoms with Gasteiger partial charge in [0, 0.05) is 16.9 Å². The highest BCUT2D eigenvalue weighted by atomic mass is 32.1. The van der Waals surface area contributed by atoms with Gasteiger partial charge in [0.1, 0.15) is 29.4 Å². The molecule has 30 heavy (non-hydrogen) atoms. The number of benzene rings is 1. The fraction of sp³-hybridized carbons (Fsp3) is 0.217. The fourth-order valence-electron chi connectivity index (χ4n) is 2.69. The molecule has 0 spiro atoms. The van der Waals surface area contributed by atoms with Crippen LogP contribution in [0.4, 0.5) is 0 Å². The number of hydrogen-bond donors (Lipinski definition) is 0. The zero-order valence-electron chi connectivity index (χ0n) is 16.7. The Labute approximate surface area is 179 Å². The Morgan fingerprint density at radius 2 is 2.00 bits per heavy atom. The van der Waals surface area contributed by atoms with Crippen molar-refractivity contribution in [3.05, 3.63) is 68.9 Å². The van der Waals surface area contributed by atoms with Crippen molar-refractivity contribution >= 4 is 29.2 Å². The number of Topliss-reactive ketones (excluding diaryl/α,β-unsaturated/α-hetero) is 1. The number of allylic oxidation sites excluding steroid dienone is 1. The van der Waals surface area contributed by atoms with Crippen LogP contribution in [-0.2, 0) is 16.0 Å². The Morgan fingerprint density at radius 1 is 1.27 bits per heavy atom. The monoisotopic (exact) mass is 420 g/mol. The van der Waals surface area contributed by atoms with Crippen LogP contribution >= 0.6 is 11.3 Å². The number of esters is 1. The van der Waals surface area contributed by atoms with Crippen LogP contribution in [0.5, 0.6) is 5.75 Å². The first-order chi connectivity index (χ1) is 14.5. The topological polar surface area (TPSA) is 100 Å². The van der Waals surface area contributed by atoms with Crippen molar-refractivity contribution in [1.82, 2.24) is 0 Å². The van der Waals surface area contributed by atoms with Gasteiger partial charge < -0.3 is 9.47 Å². The highest BCUT2D eigenvalue weighted by molar-refractivity contribution is 7.14. The molecule has 0 bridgehead atoms. The van der Waals surface area contributed by atoms with E-state index in [1.54, 1.807) is 44.2 Å². The first-order valence-electron chi connectivity index (χ1n) is 9.13. The quantitative estimate of drug-likeness (QED) is 0.258. The van der Waals surface area contributed by atoms with Crippen LogP contribution in [0.3, 0.4) is 0 Å². The number of para-hydroxylation sites is 1. The van der Waals surface area contributed by atoms with Crippen LogP contribution < -0.4 is 4.74 Å². The predicted molar refractivity (Wildman–Crippen MR) is 114 cm³/mol. The third kappa shape index (κ3) is 5.22. The Balaban J connectivity index is 2.35. The van der Waals surface area contributed by atoms with Gasteiger partial charge in [-0.1, -0.05) is 30.9 Å². The summed E-state index contributed by atoms with van der Waals surface area (Å²) in [6, 6.07) is 11.0. The fourth-order valence-corrected chi connectivity index (χ4v) is 3.83. The number of hydrogen-bond acceptors (Lipinski definition) is 7. The van der Waals surface area contributed by atoms with Crippen molar-refractivity contribution < 1.29 is 19.1 Å². The maximum absolute atomic E-state index is 12.8. The third-order valence-electron chi connectivity index (χ3n) is 4.11. The van der Waals surface area contributed by atoms with Crippen molar-refractivity contribution in [3.8, 4) is 17.9 Å².